The molecule has 0 spiro atoms. The summed E-state index contributed by atoms with van der Waals surface area (Å²) >= 11 is 0. The Bertz CT molecular complexity index is 504. The Hall–Kier alpha value is -1.09. The number of hydrogen-bond acceptors (Lipinski definition) is 3. The van der Waals surface area contributed by atoms with E-state index in [1.165, 1.54) is 42.9 Å². The van der Waals surface area contributed by atoms with Gasteiger partial charge in [-0.15, -0.1) is 0 Å². The Kier molecular flexibility index (Phi) is 3.96. The number of fused-ring (bicyclic) bond motifs is 2. The van der Waals surface area contributed by atoms with Crippen LogP contribution in [0.15, 0.2) is 12.1 Å². The largest absolute Gasteiger partial charge is 0.353 e. The summed E-state index contributed by atoms with van der Waals surface area (Å²) in [7, 11) is 0. The molecule has 1 saturated carbocycles. The average molecular weight is 287 g/mol. The van der Waals surface area contributed by atoms with Crippen molar-refractivity contribution in [1.29, 1.82) is 0 Å². The SMILES string of the molecule is CCc1cc(CNC(C)(C)C)cc(N2CC3CCC2C3)n1. The number of rotatable bonds is 4. The van der Waals surface area contributed by atoms with Crippen LogP contribution in [0.4, 0.5) is 5.82 Å². The predicted molar refractivity (Wildman–Crippen MR) is 88.7 cm³/mol. The maximum absolute atomic E-state index is 4.90. The lowest BCUT2D eigenvalue weighted by atomic mass is 10.1. The van der Waals surface area contributed by atoms with Crippen LogP contribution in [0, 0.1) is 5.92 Å². The third-order valence-corrected chi connectivity index (χ3v) is 4.81. The molecule has 116 valence electrons. The minimum Gasteiger partial charge on any atom is -0.353 e. The zero-order valence-electron chi connectivity index (χ0n) is 13.9. The summed E-state index contributed by atoms with van der Waals surface area (Å²) in [6.45, 7) is 11.0. The van der Waals surface area contributed by atoms with E-state index >= 15 is 0 Å². The smallest absolute Gasteiger partial charge is 0.129 e. The molecule has 1 aliphatic carbocycles. The molecule has 1 N–H and O–H groups in total. The van der Waals surface area contributed by atoms with Crippen molar-refractivity contribution in [2.45, 2.75) is 71.5 Å². The number of hydrogen-bond donors (Lipinski definition) is 1. The molecular formula is C18H29N3. The van der Waals surface area contributed by atoms with E-state index in [2.05, 4.69) is 50.0 Å². The highest BCUT2D eigenvalue weighted by molar-refractivity contribution is 5.46. The van der Waals surface area contributed by atoms with E-state index in [0.717, 1.165) is 24.9 Å². The van der Waals surface area contributed by atoms with Gasteiger partial charge >= 0.3 is 0 Å². The van der Waals surface area contributed by atoms with Gasteiger partial charge in [0.1, 0.15) is 5.82 Å². The molecular weight excluding hydrogens is 258 g/mol. The van der Waals surface area contributed by atoms with Crippen LogP contribution in [0.2, 0.25) is 0 Å². The molecule has 2 heterocycles. The van der Waals surface area contributed by atoms with E-state index in [1.807, 2.05) is 0 Å². The Balaban J connectivity index is 1.80. The maximum atomic E-state index is 4.90. The molecule has 0 amide bonds. The van der Waals surface area contributed by atoms with Gasteiger partial charge in [0.25, 0.3) is 0 Å². The van der Waals surface area contributed by atoms with Crippen LogP contribution in [0.5, 0.6) is 0 Å². The molecule has 3 heteroatoms. The summed E-state index contributed by atoms with van der Waals surface area (Å²) in [5.74, 6) is 2.13. The van der Waals surface area contributed by atoms with Gasteiger partial charge in [-0.2, -0.15) is 0 Å². The van der Waals surface area contributed by atoms with Gasteiger partial charge in [0.15, 0.2) is 0 Å². The van der Waals surface area contributed by atoms with Gasteiger partial charge in [-0.3, -0.25) is 0 Å². The first-order chi connectivity index (χ1) is 9.94. The molecule has 1 saturated heterocycles. The summed E-state index contributed by atoms with van der Waals surface area (Å²) in [4.78, 5) is 7.46. The Morgan fingerprint density at radius 1 is 1.29 bits per heavy atom. The average Bonchev–Trinajstić information content (AvgIpc) is 3.06. The molecule has 1 aliphatic heterocycles. The lowest BCUT2D eigenvalue weighted by Crippen LogP contribution is -2.35. The van der Waals surface area contributed by atoms with E-state index in [4.69, 9.17) is 4.98 Å². The van der Waals surface area contributed by atoms with Crippen molar-refractivity contribution in [2.24, 2.45) is 5.92 Å². The van der Waals surface area contributed by atoms with Crippen LogP contribution in [0.25, 0.3) is 0 Å². The number of pyridine rings is 1. The van der Waals surface area contributed by atoms with E-state index < -0.39 is 0 Å². The summed E-state index contributed by atoms with van der Waals surface area (Å²) in [6, 6.07) is 5.31. The molecule has 0 aromatic carbocycles. The van der Waals surface area contributed by atoms with Crippen molar-refractivity contribution in [3.05, 3.63) is 23.4 Å². The molecule has 2 unspecified atom stereocenters. The molecule has 1 aromatic heterocycles. The topological polar surface area (TPSA) is 28.2 Å². The third kappa shape index (κ3) is 3.39. The first-order valence-corrected chi connectivity index (χ1v) is 8.46. The standard InChI is InChI=1S/C18H29N3/c1-5-15-8-14(11-19-18(2,3)4)10-17(20-15)21-12-13-6-7-16(21)9-13/h8,10,13,16,19H,5-7,9,11-12H2,1-4H3. The van der Waals surface area contributed by atoms with Gasteiger partial charge in [0, 0.05) is 30.4 Å². The fraction of sp³-hybridized carbons (Fsp3) is 0.722. The fourth-order valence-corrected chi connectivity index (χ4v) is 3.64. The van der Waals surface area contributed by atoms with E-state index in [-0.39, 0.29) is 5.54 Å². The summed E-state index contributed by atoms with van der Waals surface area (Å²) in [5, 5.41) is 3.59. The molecule has 3 nitrogen and oxygen atoms in total. The van der Waals surface area contributed by atoms with Crippen LogP contribution in [0.3, 0.4) is 0 Å². The van der Waals surface area contributed by atoms with E-state index in [1.54, 1.807) is 0 Å². The van der Waals surface area contributed by atoms with Crippen molar-refractivity contribution in [3.63, 3.8) is 0 Å². The second-order valence-electron chi connectivity index (χ2n) is 7.77. The maximum Gasteiger partial charge on any atom is 0.129 e. The number of nitrogens with zero attached hydrogens (tertiary/aromatic N) is 2. The van der Waals surface area contributed by atoms with Crippen LogP contribution >= 0.6 is 0 Å². The highest BCUT2D eigenvalue weighted by Crippen LogP contribution is 2.39. The number of anilines is 1. The lowest BCUT2D eigenvalue weighted by Gasteiger charge is -2.29. The van der Waals surface area contributed by atoms with Gasteiger partial charge in [-0.1, -0.05) is 6.92 Å². The molecule has 21 heavy (non-hydrogen) atoms. The second-order valence-corrected chi connectivity index (χ2v) is 7.77. The predicted octanol–water partition coefficient (Wildman–Crippen LogP) is 3.52. The van der Waals surface area contributed by atoms with Crippen molar-refractivity contribution in [1.82, 2.24) is 10.3 Å². The third-order valence-electron chi connectivity index (χ3n) is 4.81. The minimum atomic E-state index is 0.155. The fourth-order valence-electron chi connectivity index (χ4n) is 3.64. The molecule has 3 rings (SSSR count). The highest BCUT2D eigenvalue weighted by Gasteiger charge is 2.38. The molecule has 2 fully saturated rings. The van der Waals surface area contributed by atoms with E-state index in [9.17, 15) is 0 Å². The molecule has 2 bridgehead atoms. The number of nitrogens with one attached hydrogen (secondary N) is 1. The summed E-state index contributed by atoms with van der Waals surface area (Å²) < 4.78 is 0. The summed E-state index contributed by atoms with van der Waals surface area (Å²) in [5.41, 5.74) is 2.75. The van der Waals surface area contributed by atoms with Crippen molar-refractivity contribution >= 4 is 5.82 Å². The molecule has 2 atom stereocenters. The zero-order chi connectivity index (χ0) is 15.0. The highest BCUT2D eigenvalue weighted by atomic mass is 15.2. The lowest BCUT2D eigenvalue weighted by molar-refractivity contribution is 0.424. The first-order valence-electron chi connectivity index (χ1n) is 8.46. The van der Waals surface area contributed by atoms with Crippen LogP contribution in [-0.4, -0.2) is 23.1 Å². The summed E-state index contributed by atoms with van der Waals surface area (Å²) in [6.07, 6.45) is 5.18. The number of aromatic nitrogens is 1. The van der Waals surface area contributed by atoms with Crippen molar-refractivity contribution < 1.29 is 0 Å². The van der Waals surface area contributed by atoms with Crippen LogP contribution in [-0.2, 0) is 13.0 Å². The molecule has 0 radical (unpaired) electrons. The monoisotopic (exact) mass is 287 g/mol. The molecule has 1 aromatic rings. The first kappa shape index (κ1) is 14.8. The van der Waals surface area contributed by atoms with Gasteiger partial charge in [-0.05, 0) is 70.1 Å². The minimum absolute atomic E-state index is 0.155. The van der Waals surface area contributed by atoms with Crippen LogP contribution < -0.4 is 10.2 Å². The van der Waals surface area contributed by atoms with Crippen LogP contribution in [0.1, 0.15) is 58.2 Å². The Morgan fingerprint density at radius 2 is 2.10 bits per heavy atom. The van der Waals surface area contributed by atoms with Gasteiger partial charge in [0.2, 0.25) is 0 Å². The normalized spacial score (nSPS) is 24.9. The quantitative estimate of drug-likeness (QED) is 0.918. The second kappa shape index (κ2) is 5.60. The Morgan fingerprint density at radius 3 is 2.67 bits per heavy atom. The van der Waals surface area contributed by atoms with Crippen molar-refractivity contribution in [2.75, 3.05) is 11.4 Å². The molecule has 2 aliphatic rings. The van der Waals surface area contributed by atoms with Crippen molar-refractivity contribution in [3.8, 4) is 0 Å². The Labute approximate surface area is 129 Å². The number of aryl methyl sites for hydroxylation is 1. The van der Waals surface area contributed by atoms with E-state index in [0.29, 0.717) is 0 Å². The number of piperidine rings is 1. The van der Waals surface area contributed by atoms with Gasteiger partial charge < -0.3 is 10.2 Å². The van der Waals surface area contributed by atoms with Gasteiger partial charge in [0.05, 0.1) is 0 Å². The van der Waals surface area contributed by atoms with Gasteiger partial charge in [-0.25, -0.2) is 4.98 Å². The zero-order valence-corrected chi connectivity index (χ0v) is 13.9.